The number of benzene rings is 1. The average molecular weight is 428 g/mol. The molecule has 0 saturated carbocycles. The van der Waals surface area contributed by atoms with Crippen molar-refractivity contribution in [2.24, 2.45) is 0 Å². The highest BCUT2D eigenvalue weighted by Gasteiger charge is 2.40. The van der Waals surface area contributed by atoms with E-state index in [1.54, 1.807) is 44.0 Å². The van der Waals surface area contributed by atoms with Crippen LogP contribution in [0, 0.1) is 0 Å². The van der Waals surface area contributed by atoms with Crippen LogP contribution in [0.5, 0.6) is 0 Å². The molecule has 0 bridgehead atoms. The van der Waals surface area contributed by atoms with Gasteiger partial charge in [0.2, 0.25) is 6.79 Å². The van der Waals surface area contributed by atoms with Gasteiger partial charge in [0.25, 0.3) is 0 Å². The molecule has 1 aromatic carbocycles. The summed E-state index contributed by atoms with van der Waals surface area (Å²) in [4.78, 5) is 37.4. The third kappa shape index (κ3) is 4.15. The second kappa shape index (κ2) is 8.67. The van der Waals surface area contributed by atoms with E-state index < -0.39 is 30.6 Å². The Labute approximate surface area is 172 Å². The molecule has 0 saturated heterocycles. The number of esters is 2. The maximum absolute atomic E-state index is 12.8. The minimum atomic E-state index is -1.21. The molecule has 1 unspecified atom stereocenters. The molecule has 1 atom stereocenters. The van der Waals surface area contributed by atoms with E-state index in [0.717, 1.165) is 0 Å². The van der Waals surface area contributed by atoms with Crippen LogP contribution in [-0.2, 0) is 23.9 Å². The second-order valence-corrected chi connectivity index (χ2v) is 6.91. The minimum Gasteiger partial charge on any atom is -0.478 e. The lowest BCUT2D eigenvalue weighted by Crippen LogP contribution is -2.33. The second-order valence-electron chi connectivity index (χ2n) is 6.12. The molecule has 1 aliphatic rings. The van der Waals surface area contributed by atoms with Gasteiger partial charge >= 0.3 is 17.9 Å². The Balaban J connectivity index is 2.64. The zero-order chi connectivity index (χ0) is 21.2. The van der Waals surface area contributed by atoms with Crippen LogP contribution in [0.25, 0.3) is 0 Å². The van der Waals surface area contributed by atoms with Crippen molar-refractivity contribution in [2.75, 3.05) is 13.8 Å². The number of aliphatic carboxylic acids is 1. The quantitative estimate of drug-likeness (QED) is 0.565. The number of carbonyl (C=O) groups is 3. The van der Waals surface area contributed by atoms with Crippen molar-refractivity contribution in [1.29, 1.82) is 0 Å². The maximum atomic E-state index is 12.8. The number of allylic oxidation sites excluding steroid dienone is 2. The van der Waals surface area contributed by atoms with Gasteiger partial charge in [-0.15, -0.1) is 0 Å². The standard InChI is InChI=1S/C19H19Cl2NO6/c1-9-14(18(24)25)16(12-6-5-7-13(20)17(12)21)15(10(2)22(9)4)19(26)28-8-27-11(3)23/h5-7,16H,8H2,1-4H3,(H,24,25). The smallest absolute Gasteiger partial charge is 0.339 e. The summed E-state index contributed by atoms with van der Waals surface area (Å²) in [7, 11) is 1.64. The van der Waals surface area contributed by atoms with Crippen molar-refractivity contribution in [2.45, 2.75) is 26.7 Å². The van der Waals surface area contributed by atoms with E-state index >= 15 is 0 Å². The number of carboxylic acids is 1. The van der Waals surface area contributed by atoms with Crippen LogP contribution in [0.15, 0.2) is 40.7 Å². The number of carboxylic acid groups (broad SMARTS) is 1. The third-order valence-corrected chi connectivity index (χ3v) is 5.39. The predicted octanol–water partition coefficient (Wildman–Crippen LogP) is 3.72. The fourth-order valence-corrected chi connectivity index (χ4v) is 3.43. The molecule has 1 aliphatic heterocycles. The van der Waals surface area contributed by atoms with E-state index in [9.17, 15) is 19.5 Å². The summed E-state index contributed by atoms with van der Waals surface area (Å²) in [6.07, 6.45) is 0. The summed E-state index contributed by atoms with van der Waals surface area (Å²) in [5, 5.41) is 10.2. The van der Waals surface area contributed by atoms with E-state index in [4.69, 9.17) is 27.9 Å². The van der Waals surface area contributed by atoms with Gasteiger partial charge in [-0.1, -0.05) is 35.3 Å². The van der Waals surface area contributed by atoms with Crippen molar-refractivity contribution < 1.29 is 29.0 Å². The molecule has 0 amide bonds. The summed E-state index contributed by atoms with van der Waals surface area (Å²) in [5.41, 5.74) is 1.33. The SMILES string of the molecule is CC(=O)OCOC(=O)C1=C(C)N(C)C(C)=C(C(=O)O)C1c1cccc(Cl)c1Cl. The molecule has 0 aromatic heterocycles. The molecule has 1 aromatic rings. The maximum Gasteiger partial charge on any atom is 0.339 e. The first-order valence-corrected chi connectivity index (χ1v) is 8.96. The number of hydrogen-bond donors (Lipinski definition) is 1. The number of nitrogens with zero attached hydrogens (tertiary/aromatic N) is 1. The topological polar surface area (TPSA) is 93.1 Å². The van der Waals surface area contributed by atoms with Gasteiger partial charge in [0.15, 0.2) is 0 Å². The number of rotatable bonds is 5. The van der Waals surface area contributed by atoms with Gasteiger partial charge in [0.05, 0.1) is 27.1 Å². The van der Waals surface area contributed by atoms with Crippen molar-refractivity contribution in [3.05, 3.63) is 56.3 Å². The van der Waals surface area contributed by atoms with Gasteiger partial charge in [-0.3, -0.25) is 4.79 Å². The molecular formula is C19H19Cl2NO6. The van der Waals surface area contributed by atoms with Crippen LogP contribution in [0.2, 0.25) is 10.0 Å². The Morgan fingerprint density at radius 1 is 1.11 bits per heavy atom. The van der Waals surface area contributed by atoms with Gasteiger partial charge in [-0.2, -0.15) is 0 Å². The molecule has 0 spiro atoms. The van der Waals surface area contributed by atoms with E-state index in [1.807, 2.05) is 0 Å². The van der Waals surface area contributed by atoms with Crippen LogP contribution >= 0.6 is 23.2 Å². The first kappa shape index (κ1) is 21.8. The highest BCUT2D eigenvalue weighted by Crippen LogP contribution is 2.45. The molecule has 150 valence electrons. The van der Waals surface area contributed by atoms with Crippen molar-refractivity contribution in [3.8, 4) is 0 Å². The van der Waals surface area contributed by atoms with Crippen molar-refractivity contribution in [1.82, 2.24) is 4.90 Å². The zero-order valence-corrected chi connectivity index (χ0v) is 17.2. The molecule has 0 aliphatic carbocycles. The highest BCUT2D eigenvalue weighted by atomic mass is 35.5. The molecule has 7 nitrogen and oxygen atoms in total. The Kier molecular flexibility index (Phi) is 6.74. The molecule has 0 radical (unpaired) electrons. The minimum absolute atomic E-state index is 0.0308. The van der Waals surface area contributed by atoms with Gasteiger partial charge < -0.3 is 19.5 Å². The predicted molar refractivity (Wildman–Crippen MR) is 103 cm³/mol. The number of carbonyl (C=O) groups excluding carboxylic acids is 2. The van der Waals surface area contributed by atoms with E-state index in [2.05, 4.69) is 4.74 Å². The Bertz CT molecular complexity index is 906. The normalized spacial score (nSPS) is 16.9. The number of hydrogen-bond acceptors (Lipinski definition) is 6. The van der Waals surface area contributed by atoms with Crippen LogP contribution < -0.4 is 0 Å². The van der Waals surface area contributed by atoms with Gasteiger partial charge in [0, 0.05) is 25.4 Å². The molecule has 1 heterocycles. The Hall–Kier alpha value is -2.51. The van der Waals surface area contributed by atoms with Crippen molar-refractivity contribution in [3.63, 3.8) is 0 Å². The summed E-state index contributed by atoms with van der Waals surface area (Å²) >= 11 is 12.5. The molecular weight excluding hydrogens is 409 g/mol. The lowest BCUT2D eigenvalue weighted by Gasteiger charge is -2.35. The Morgan fingerprint density at radius 2 is 1.71 bits per heavy atom. The van der Waals surface area contributed by atoms with Gasteiger partial charge in [-0.05, 0) is 25.5 Å². The van der Waals surface area contributed by atoms with E-state index in [0.29, 0.717) is 17.0 Å². The monoisotopic (exact) mass is 427 g/mol. The van der Waals surface area contributed by atoms with Crippen molar-refractivity contribution >= 4 is 41.1 Å². The lowest BCUT2D eigenvalue weighted by molar-refractivity contribution is -0.163. The zero-order valence-electron chi connectivity index (χ0n) is 15.7. The average Bonchev–Trinajstić information content (AvgIpc) is 2.61. The Morgan fingerprint density at radius 3 is 2.29 bits per heavy atom. The molecule has 1 N–H and O–H groups in total. The van der Waals surface area contributed by atoms with Crippen LogP contribution in [0.4, 0.5) is 0 Å². The molecule has 2 rings (SSSR count). The molecule has 0 fully saturated rings. The highest BCUT2D eigenvalue weighted by molar-refractivity contribution is 6.42. The lowest BCUT2D eigenvalue weighted by atomic mass is 9.80. The first-order chi connectivity index (χ1) is 13.1. The summed E-state index contributed by atoms with van der Waals surface area (Å²) in [5.74, 6) is -3.65. The van der Waals surface area contributed by atoms with E-state index in [1.165, 1.54) is 6.92 Å². The van der Waals surface area contributed by atoms with E-state index in [-0.39, 0.29) is 21.2 Å². The molecule has 9 heteroatoms. The van der Waals surface area contributed by atoms with Gasteiger partial charge in [0.1, 0.15) is 0 Å². The summed E-state index contributed by atoms with van der Waals surface area (Å²) < 4.78 is 9.69. The summed E-state index contributed by atoms with van der Waals surface area (Å²) in [6.45, 7) is 3.89. The number of ether oxygens (including phenoxy) is 2. The molecule has 28 heavy (non-hydrogen) atoms. The fourth-order valence-electron chi connectivity index (χ4n) is 3.02. The number of halogens is 2. The fraction of sp³-hybridized carbons (Fsp3) is 0.316. The van der Waals surface area contributed by atoms with Crippen LogP contribution in [-0.4, -0.2) is 41.8 Å². The third-order valence-electron chi connectivity index (χ3n) is 4.56. The van der Waals surface area contributed by atoms with Crippen LogP contribution in [0.1, 0.15) is 32.3 Å². The largest absolute Gasteiger partial charge is 0.478 e. The van der Waals surface area contributed by atoms with Crippen LogP contribution in [0.3, 0.4) is 0 Å². The summed E-state index contributed by atoms with van der Waals surface area (Å²) in [6, 6.07) is 4.79. The first-order valence-electron chi connectivity index (χ1n) is 8.20. The van der Waals surface area contributed by atoms with Gasteiger partial charge in [-0.25, -0.2) is 9.59 Å².